The van der Waals surface area contributed by atoms with Gasteiger partial charge in [-0.1, -0.05) is 12.1 Å². The number of nitrogens with one attached hydrogen (secondary N) is 1. The van der Waals surface area contributed by atoms with E-state index < -0.39 is 10.0 Å². The van der Waals surface area contributed by atoms with E-state index in [0.717, 1.165) is 6.26 Å². The van der Waals surface area contributed by atoms with Gasteiger partial charge in [-0.3, -0.25) is 9.52 Å². The summed E-state index contributed by atoms with van der Waals surface area (Å²) in [6.45, 7) is 0.349. The van der Waals surface area contributed by atoms with Crippen molar-refractivity contribution in [2.24, 2.45) is 5.92 Å². The molecule has 2 rings (SSSR count). The molecular weight excluding hydrogens is 268 g/mol. The molecule has 2 N–H and O–H groups in total. The highest BCUT2D eigenvalue weighted by molar-refractivity contribution is 7.92. The third kappa shape index (κ3) is 3.24. The molecule has 1 aromatic carbocycles. The van der Waals surface area contributed by atoms with E-state index in [1.165, 1.54) is 4.90 Å². The van der Waals surface area contributed by atoms with Gasteiger partial charge in [0.2, 0.25) is 15.9 Å². The molecule has 6 nitrogen and oxygen atoms in total. The lowest BCUT2D eigenvalue weighted by molar-refractivity contribution is -0.117. The number of carbonyl (C=O) groups is 1. The van der Waals surface area contributed by atoms with Crippen LogP contribution in [0.4, 0.5) is 11.4 Å². The maximum absolute atomic E-state index is 11.9. The first-order valence-corrected chi connectivity index (χ1v) is 7.78. The summed E-state index contributed by atoms with van der Waals surface area (Å²) < 4.78 is 25.0. The Morgan fingerprint density at radius 3 is 2.68 bits per heavy atom. The first kappa shape index (κ1) is 13.8. The number of amides is 1. The van der Waals surface area contributed by atoms with Gasteiger partial charge in [-0.05, 0) is 12.1 Å². The average molecular weight is 284 g/mol. The standard InChI is InChI=1S/C12H16N2O4S/c1-19(17,18)13-10-4-2-3-5-11(10)14-7-9(8-15)6-12(14)16/h2-5,9,13,15H,6-8H2,1H3. The molecule has 19 heavy (non-hydrogen) atoms. The van der Waals surface area contributed by atoms with Gasteiger partial charge in [-0.2, -0.15) is 0 Å². The highest BCUT2D eigenvalue weighted by atomic mass is 32.2. The minimum Gasteiger partial charge on any atom is -0.396 e. The number of carbonyl (C=O) groups excluding carboxylic acids is 1. The van der Waals surface area contributed by atoms with Crippen LogP contribution >= 0.6 is 0 Å². The number of benzene rings is 1. The minimum absolute atomic E-state index is 0.0517. The van der Waals surface area contributed by atoms with Crippen molar-refractivity contribution in [2.45, 2.75) is 6.42 Å². The normalized spacial score (nSPS) is 19.8. The van der Waals surface area contributed by atoms with Gasteiger partial charge in [-0.15, -0.1) is 0 Å². The van der Waals surface area contributed by atoms with E-state index in [9.17, 15) is 13.2 Å². The number of sulfonamides is 1. The molecule has 1 heterocycles. The number of hydrogen-bond acceptors (Lipinski definition) is 4. The molecule has 1 fully saturated rings. The summed E-state index contributed by atoms with van der Waals surface area (Å²) in [7, 11) is -3.40. The molecule has 1 saturated heterocycles. The largest absolute Gasteiger partial charge is 0.396 e. The molecule has 0 aromatic heterocycles. The van der Waals surface area contributed by atoms with Gasteiger partial charge >= 0.3 is 0 Å². The van der Waals surface area contributed by atoms with Gasteiger partial charge in [0.15, 0.2) is 0 Å². The Hall–Kier alpha value is -1.60. The van der Waals surface area contributed by atoms with E-state index >= 15 is 0 Å². The van der Waals surface area contributed by atoms with E-state index in [0.29, 0.717) is 17.9 Å². The molecule has 1 unspecified atom stereocenters. The molecule has 0 bridgehead atoms. The number of rotatable bonds is 4. The van der Waals surface area contributed by atoms with Crippen molar-refractivity contribution in [3.8, 4) is 0 Å². The van der Waals surface area contributed by atoms with Crippen molar-refractivity contribution in [2.75, 3.05) is 29.0 Å². The Labute approximate surface area is 112 Å². The van der Waals surface area contributed by atoms with E-state index in [2.05, 4.69) is 4.72 Å². The lowest BCUT2D eigenvalue weighted by Gasteiger charge is -2.20. The van der Waals surface area contributed by atoms with Crippen LogP contribution in [0.15, 0.2) is 24.3 Å². The summed E-state index contributed by atoms with van der Waals surface area (Å²) in [6.07, 6.45) is 1.34. The molecule has 1 aliphatic heterocycles. The monoisotopic (exact) mass is 284 g/mol. The Morgan fingerprint density at radius 2 is 2.11 bits per heavy atom. The molecule has 104 valence electrons. The number of nitrogens with zero attached hydrogens (tertiary/aromatic N) is 1. The lowest BCUT2D eigenvalue weighted by atomic mass is 10.1. The van der Waals surface area contributed by atoms with E-state index in [4.69, 9.17) is 5.11 Å². The van der Waals surface area contributed by atoms with Gasteiger partial charge in [0.25, 0.3) is 0 Å². The van der Waals surface area contributed by atoms with E-state index in [-0.39, 0.29) is 24.9 Å². The summed E-state index contributed by atoms with van der Waals surface area (Å²) in [6, 6.07) is 6.73. The van der Waals surface area contributed by atoms with Crippen LogP contribution in [0.1, 0.15) is 6.42 Å². The van der Waals surface area contributed by atoms with Crippen LogP contribution in [-0.2, 0) is 14.8 Å². The average Bonchev–Trinajstić information content (AvgIpc) is 2.69. The zero-order chi connectivity index (χ0) is 14.0. The summed E-state index contributed by atoms with van der Waals surface area (Å²) >= 11 is 0. The molecule has 1 aliphatic rings. The fourth-order valence-corrected chi connectivity index (χ4v) is 2.70. The van der Waals surface area contributed by atoms with Crippen molar-refractivity contribution >= 4 is 27.3 Å². The van der Waals surface area contributed by atoms with Crippen molar-refractivity contribution < 1.29 is 18.3 Å². The molecule has 1 amide bonds. The molecule has 0 radical (unpaired) electrons. The number of aliphatic hydroxyl groups excluding tert-OH is 1. The molecule has 0 aliphatic carbocycles. The van der Waals surface area contributed by atoms with Crippen LogP contribution in [0, 0.1) is 5.92 Å². The van der Waals surface area contributed by atoms with Crippen LogP contribution in [0.25, 0.3) is 0 Å². The van der Waals surface area contributed by atoms with Gasteiger partial charge in [0.05, 0.1) is 17.6 Å². The minimum atomic E-state index is -3.40. The molecule has 1 atom stereocenters. The fraction of sp³-hybridized carbons (Fsp3) is 0.417. The second-order valence-electron chi connectivity index (χ2n) is 4.65. The SMILES string of the molecule is CS(=O)(=O)Nc1ccccc1N1CC(CO)CC1=O. The second-order valence-corrected chi connectivity index (χ2v) is 6.40. The van der Waals surface area contributed by atoms with Crippen LogP contribution in [0.5, 0.6) is 0 Å². The smallest absolute Gasteiger partial charge is 0.229 e. The number of hydrogen-bond donors (Lipinski definition) is 2. The summed E-state index contributed by atoms with van der Waals surface area (Å²) in [5, 5.41) is 9.11. The molecular formula is C12H16N2O4S. The van der Waals surface area contributed by atoms with Gasteiger partial charge in [0.1, 0.15) is 0 Å². The van der Waals surface area contributed by atoms with E-state index in [1.807, 2.05) is 0 Å². The van der Waals surface area contributed by atoms with Crippen molar-refractivity contribution in [3.63, 3.8) is 0 Å². The van der Waals surface area contributed by atoms with E-state index in [1.54, 1.807) is 24.3 Å². The van der Waals surface area contributed by atoms with Gasteiger partial charge in [-0.25, -0.2) is 8.42 Å². The maximum atomic E-state index is 11.9. The Bertz CT molecular complexity index is 585. The first-order valence-electron chi connectivity index (χ1n) is 5.89. The van der Waals surface area contributed by atoms with Crippen molar-refractivity contribution in [1.82, 2.24) is 0 Å². The summed E-state index contributed by atoms with van der Waals surface area (Å²) in [5.74, 6) is -0.208. The van der Waals surface area contributed by atoms with Crippen LogP contribution in [-0.4, -0.2) is 38.8 Å². The van der Waals surface area contributed by atoms with Gasteiger partial charge in [0, 0.05) is 25.5 Å². The Kier molecular flexibility index (Phi) is 3.77. The molecule has 7 heteroatoms. The third-order valence-corrected chi connectivity index (χ3v) is 3.54. The summed E-state index contributed by atoms with van der Waals surface area (Å²) in [4.78, 5) is 13.4. The first-order chi connectivity index (χ1) is 8.90. The van der Waals surface area contributed by atoms with Crippen LogP contribution < -0.4 is 9.62 Å². The second kappa shape index (κ2) is 5.18. The lowest BCUT2D eigenvalue weighted by Crippen LogP contribution is -2.26. The Balaban J connectivity index is 2.32. The maximum Gasteiger partial charge on any atom is 0.229 e. The zero-order valence-corrected chi connectivity index (χ0v) is 11.4. The predicted molar refractivity (Wildman–Crippen MR) is 72.5 cm³/mol. The quantitative estimate of drug-likeness (QED) is 0.838. The van der Waals surface area contributed by atoms with Gasteiger partial charge < -0.3 is 10.0 Å². The predicted octanol–water partition coefficient (Wildman–Crippen LogP) is 0.403. The Morgan fingerprint density at radius 1 is 1.42 bits per heavy atom. The molecule has 0 saturated carbocycles. The zero-order valence-electron chi connectivity index (χ0n) is 10.5. The summed E-state index contributed by atoms with van der Waals surface area (Å²) in [5.41, 5.74) is 0.894. The topological polar surface area (TPSA) is 86.7 Å². The number of para-hydroxylation sites is 2. The number of aliphatic hydroxyl groups is 1. The van der Waals surface area contributed by atoms with Crippen LogP contribution in [0.2, 0.25) is 0 Å². The van der Waals surface area contributed by atoms with Crippen molar-refractivity contribution in [1.29, 1.82) is 0 Å². The number of anilines is 2. The highest BCUT2D eigenvalue weighted by Crippen LogP contribution is 2.31. The van der Waals surface area contributed by atoms with Crippen molar-refractivity contribution in [3.05, 3.63) is 24.3 Å². The van der Waals surface area contributed by atoms with Crippen LogP contribution in [0.3, 0.4) is 0 Å². The third-order valence-electron chi connectivity index (χ3n) is 2.95. The highest BCUT2D eigenvalue weighted by Gasteiger charge is 2.31. The molecule has 0 spiro atoms. The molecule has 1 aromatic rings. The fourth-order valence-electron chi connectivity index (χ4n) is 2.13.